The second kappa shape index (κ2) is 7.58. The Balaban J connectivity index is 1.64. The van der Waals surface area contributed by atoms with Gasteiger partial charge in [0.25, 0.3) is 9.03 Å². The van der Waals surface area contributed by atoms with Crippen molar-refractivity contribution in [3.05, 3.63) is 90.0 Å². The number of aromatic hydroxyl groups is 1. The minimum absolute atomic E-state index is 0.0859. The summed E-state index contributed by atoms with van der Waals surface area (Å²) in [6, 6.07) is 25.0. The van der Waals surface area contributed by atoms with E-state index in [1.54, 1.807) is 12.1 Å². The molecule has 0 aliphatic heterocycles. The van der Waals surface area contributed by atoms with Gasteiger partial charge in [-0.05, 0) is 47.5 Å². The second-order valence-corrected chi connectivity index (χ2v) is 6.87. The fourth-order valence-corrected chi connectivity index (χ4v) is 3.10. The zero-order chi connectivity index (χ0) is 17.7. The van der Waals surface area contributed by atoms with E-state index in [1.165, 1.54) is 5.56 Å². The number of rotatable bonds is 6. The molecule has 0 fully saturated rings. The lowest BCUT2D eigenvalue weighted by Crippen LogP contribution is -2.18. The summed E-state index contributed by atoms with van der Waals surface area (Å²) in [6.07, 6.45) is 0. The Hall–Kier alpha value is -2.51. The predicted molar refractivity (Wildman–Crippen MR) is 103 cm³/mol. The van der Waals surface area contributed by atoms with Crippen molar-refractivity contribution in [1.29, 1.82) is 0 Å². The molecule has 0 radical (unpaired) electrons. The molecule has 0 spiro atoms. The highest BCUT2D eigenvalue weighted by atomic mass is 31.1. The van der Waals surface area contributed by atoms with Crippen LogP contribution in [0.1, 0.15) is 25.0 Å². The first-order valence-corrected chi connectivity index (χ1v) is 8.91. The highest BCUT2D eigenvalue weighted by molar-refractivity contribution is 7.27. The quantitative estimate of drug-likeness (QED) is 0.580. The molecule has 1 unspecified atom stereocenters. The van der Waals surface area contributed by atoms with Crippen LogP contribution in [0.3, 0.4) is 0 Å². The smallest absolute Gasteiger partial charge is 0.275 e. The summed E-state index contributed by atoms with van der Waals surface area (Å²) >= 11 is 0. The molecule has 0 bridgehead atoms. The third kappa shape index (κ3) is 4.32. The Labute approximate surface area is 150 Å². The standard InChI is InChI=1S/C21H21O3P/c1-21(2,16-8-12-18(22)13-9-16)17-10-14-20(15-11-17)24-25-23-19-6-4-3-5-7-19/h3-15,22,25H,1-2H3. The molecule has 25 heavy (non-hydrogen) atoms. The van der Waals surface area contributed by atoms with Crippen molar-refractivity contribution in [3.63, 3.8) is 0 Å². The van der Waals surface area contributed by atoms with Gasteiger partial charge in [0.1, 0.15) is 17.2 Å². The predicted octanol–water partition coefficient (Wildman–Crippen LogP) is 5.68. The van der Waals surface area contributed by atoms with Crippen LogP contribution in [0.2, 0.25) is 0 Å². The molecule has 3 rings (SSSR count). The Morgan fingerprint density at radius 3 is 1.72 bits per heavy atom. The van der Waals surface area contributed by atoms with Gasteiger partial charge in [0, 0.05) is 5.41 Å². The summed E-state index contributed by atoms with van der Waals surface area (Å²) in [4.78, 5) is 0. The van der Waals surface area contributed by atoms with Crippen LogP contribution in [0.15, 0.2) is 78.9 Å². The molecule has 0 saturated carbocycles. The van der Waals surface area contributed by atoms with Crippen LogP contribution in [-0.4, -0.2) is 5.11 Å². The van der Waals surface area contributed by atoms with Gasteiger partial charge in [-0.15, -0.1) is 0 Å². The third-order valence-corrected chi connectivity index (χ3v) is 4.87. The van der Waals surface area contributed by atoms with Crippen LogP contribution in [0.5, 0.6) is 17.2 Å². The van der Waals surface area contributed by atoms with Crippen molar-refractivity contribution in [2.75, 3.05) is 0 Å². The number of hydrogen-bond donors (Lipinski definition) is 1. The Morgan fingerprint density at radius 2 is 1.16 bits per heavy atom. The number of para-hydroxylation sites is 1. The van der Waals surface area contributed by atoms with Gasteiger partial charge < -0.3 is 14.2 Å². The first kappa shape index (κ1) is 17.3. The molecular weight excluding hydrogens is 331 g/mol. The fraction of sp³-hybridized carbons (Fsp3) is 0.143. The average Bonchev–Trinajstić information content (AvgIpc) is 2.63. The zero-order valence-electron chi connectivity index (χ0n) is 14.3. The first-order chi connectivity index (χ1) is 12.1. The molecule has 3 nitrogen and oxygen atoms in total. The van der Waals surface area contributed by atoms with E-state index in [1.807, 2.05) is 54.6 Å². The van der Waals surface area contributed by atoms with Crippen LogP contribution < -0.4 is 9.05 Å². The number of hydrogen-bond acceptors (Lipinski definition) is 3. The third-order valence-electron chi connectivity index (χ3n) is 4.23. The topological polar surface area (TPSA) is 38.7 Å². The zero-order valence-corrected chi connectivity index (χ0v) is 15.3. The molecule has 3 aromatic rings. The van der Waals surface area contributed by atoms with Gasteiger partial charge in [-0.3, -0.25) is 0 Å². The lowest BCUT2D eigenvalue weighted by atomic mass is 9.78. The Morgan fingerprint density at radius 1 is 0.680 bits per heavy atom. The van der Waals surface area contributed by atoms with Crippen molar-refractivity contribution >= 4 is 9.03 Å². The van der Waals surface area contributed by atoms with Gasteiger partial charge in [0.15, 0.2) is 0 Å². The summed E-state index contributed by atoms with van der Waals surface area (Å²) in [7, 11) is -0.0859. The molecule has 4 heteroatoms. The van der Waals surface area contributed by atoms with E-state index in [0.717, 1.165) is 17.1 Å². The highest BCUT2D eigenvalue weighted by Crippen LogP contribution is 2.34. The number of benzene rings is 3. The summed E-state index contributed by atoms with van der Waals surface area (Å²) in [5.74, 6) is 1.85. The fourth-order valence-electron chi connectivity index (χ4n) is 2.59. The van der Waals surface area contributed by atoms with E-state index in [2.05, 4.69) is 26.0 Å². The van der Waals surface area contributed by atoms with Gasteiger partial charge in [0.2, 0.25) is 0 Å². The van der Waals surface area contributed by atoms with Gasteiger partial charge in [0.05, 0.1) is 0 Å². The van der Waals surface area contributed by atoms with E-state index in [-0.39, 0.29) is 20.2 Å². The van der Waals surface area contributed by atoms with Crippen LogP contribution in [0.25, 0.3) is 0 Å². The van der Waals surface area contributed by atoms with Crippen molar-refractivity contribution in [2.45, 2.75) is 19.3 Å². The number of phenolic OH excluding ortho intramolecular Hbond substituents is 1. The monoisotopic (exact) mass is 352 g/mol. The maximum atomic E-state index is 9.47. The molecule has 0 saturated heterocycles. The van der Waals surface area contributed by atoms with Crippen LogP contribution in [0, 0.1) is 0 Å². The molecule has 0 aliphatic carbocycles. The van der Waals surface area contributed by atoms with Crippen molar-refractivity contribution in [3.8, 4) is 17.2 Å². The molecule has 3 aromatic carbocycles. The van der Waals surface area contributed by atoms with Gasteiger partial charge in [-0.2, -0.15) is 0 Å². The van der Waals surface area contributed by atoms with E-state index in [4.69, 9.17) is 9.05 Å². The first-order valence-electron chi connectivity index (χ1n) is 8.09. The highest BCUT2D eigenvalue weighted by Gasteiger charge is 2.23. The molecule has 1 atom stereocenters. The van der Waals surface area contributed by atoms with E-state index in [9.17, 15) is 5.11 Å². The molecule has 0 aliphatic rings. The average molecular weight is 352 g/mol. The van der Waals surface area contributed by atoms with Crippen molar-refractivity contribution in [2.24, 2.45) is 0 Å². The summed E-state index contributed by atoms with van der Waals surface area (Å²) in [5, 5.41) is 9.47. The van der Waals surface area contributed by atoms with Crippen molar-refractivity contribution < 1.29 is 14.2 Å². The molecule has 0 aromatic heterocycles. The van der Waals surface area contributed by atoms with Gasteiger partial charge >= 0.3 is 0 Å². The Bertz CT molecular complexity index is 797. The van der Waals surface area contributed by atoms with Gasteiger partial charge in [-0.25, -0.2) is 0 Å². The lowest BCUT2D eigenvalue weighted by Gasteiger charge is -2.26. The summed E-state index contributed by atoms with van der Waals surface area (Å²) < 4.78 is 11.2. The van der Waals surface area contributed by atoms with Crippen LogP contribution in [0.4, 0.5) is 0 Å². The van der Waals surface area contributed by atoms with E-state index >= 15 is 0 Å². The molecular formula is C21H21O3P. The maximum Gasteiger partial charge on any atom is 0.275 e. The Kier molecular flexibility index (Phi) is 5.25. The minimum Gasteiger partial charge on any atom is -0.508 e. The minimum atomic E-state index is -0.158. The SMILES string of the molecule is CC(C)(c1ccc(O)cc1)c1ccc(OPOc2ccccc2)cc1. The van der Waals surface area contributed by atoms with E-state index < -0.39 is 0 Å². The molecule has 1 N–H and O–H groups in total. The molecule has 0 heterocycles. The normalized spacial score (nSPS) is 11.6. The second-order valence-electron chi connectivity index (χ2n) is 6.30. The summed E-state index contributed by atoms with van der Waals surface area (Å²) in [6.45, 7) is 4.32. The van der Waals surface area contributed by atoms with E-state index in [0.29, 0.717) is 0 Å². The lowest BCUT2D eigenvalue weighted by molar-refractivity contribution is 0.474. The molecule has 128 valence electrons. The molecule has 0 amide bonds. The van der Waals surface area contributed by atoms with Crippen molar-refractivity contribution in [1.82, 2.24) is 0 Å². The number of phenols is 1. The largest absolute Gasteiger partial charge is 0.508 e. The summed E-state index contributed by atoms with van der Waals surface area (Å²) in [5.41, 5.74) is 2.17. The maximum absolute atomic E-state index is 9.47. The van der Waals surface area contributed by atoms with Crippen LogP contribution >= 0.6 is 9.03 Å². The van der Waals surface area contributed by atoms with Gasteiger partial charge in [-0.1, -0.05) is 56.3 Å². The van der Waals surface area contributed by atoms with Crippen LogP contribution in [-0.2, 0) is 5.41 Å².